The molecule has 0 N–H and O–H groups in total. The number of anilines is 9. The van der Waals surface area contributed by atoms with Crippen molar-refractivity contribution in [2.75, 3.05) is 14.7 Å². The topological polar surface area (TPSA) is 22.6 Å². The van der Waals surface area contributed by atoms with Gasteiger partial charge < -0.3 is 14.7 Å². The Bertz CT molecular complexity index is 2970. The van der Waals surface area contributed by atoms with E-state index in [1.54, 1.807) is 0 Å². The van der Waals surface area contributed by atoms with Crippen molar-refractivity contribution in [3.8, 4) is 11.1 Å². The summed E-state index contributed by atoms with van der Waals surface area (Å²) in [6.07, 6.45) is 2.08. The molecule has 0 saturated heterocycles. The number of nitrogens with zero attached hydrogens (tertiary/aromatic N) is 4. The fourth-order valence-electron chi connectivity index (χ4n) is 9.90. The quantitative estimate of drug-likeness (QED) is 0.158. The number of fused-ring (bicyclic) bond motifs is 7. The highest BCUT2D eigenvalue weighted by atomic mass is 15.2. The van der Waals surface area contributed by atoms with Gasteiger partial charge in [-0.05, 0) is 112 Å². The monoisotopic (exact) mass is 752 g/mol. The molecule has 0 spiro atoms. The molecule has 0 fully saturated rings. The van der Waals surface area contributed by atoms with Gasteiger partial charge in [0.05, 0.1) is 17.6 Å². The normalized spacial score (nSPS) is 14.2. The highest BCUT2D eigenvalue weighted by Crippen LogP contribution is 2.51. The lowest BCUT2D eigenvalue weighted by Gasteiger charge is -2.44. The van der Waals surface area contributed by atoms with Gasteiger partial charge >= 0.3 is 0 Å². The van der Waals surface area contributed by atoms with Crippen molar-refractivity contribution >= 4 is 74.4 Å². The third-order valence-corrected chi connectivity index (χ3v) is 12.3. The summed E-state index contributed by atoms with van der Waals surface area (Å²) in [4.78, 5) is 12.8. The number of hydrogen-bond donors (Lipinski definition) is 0. The zero-order chi connectivity index (χ0) is 38.9. The zero-order valence-electron chi connectivity index (χ0n) is 32.2. The SMILES string of the molecule is c1ccc(C2c3ccccc3-c3cc4c(cc32)N(c2ccccc2)c2cccc3c2B4c2ncc(N(c4ccccc4)c4ccccc4)cc2N3c2ccccc2)cc1. The van der Waals surface area contributed by atoms with Gasteiger partial charge in [-0.1, -0.05) is 140 Å². The van der Waals surface area contributed by atoms with Crippen molar-refractivity contribution in [1.82, 2.24) is 4.98 Å². The second-order valence-corrected chi connectivity index (χ2v) is 15.5. The molecule has 0 saturated carbocycles. The summed E-state index contributed by atoms with van der Waals surface area (Å²) in [7, 11) is 0. The summed E-state index contributed by atoms with van der Waals surface area (Å²) in [5.74, 6) is 0.132. The fourth-order valence-corrected chi connectivity index (χ4v) is 9.90. The highest BCUT2D eigenvalue weighted by Gasteiger charge is 2.46. The Hall–Kier alpha value is -7.63. The molecule has 276 valence electrons. The number of benzene rings is 8. The van der Waals surface area contributed by atoms with Crippen LogP contribution < -0.4 is 31.2 Å². The zero-order valence-corrected chi connectivity index (χ0v) is 32.2. The number of hydrogen-bond acceptors (Lipinski definition) is 4. The van der Waals surface area contributed by atoms with Crippen LogP contribution in [0.5, 0.6) is 0 Å². The minimum absolute atomic E-state index is 0.115. The van der Waals surface area contributed by atoms with Crippen LogP contribution in [0.1, 0.15) is 22.6 Å². The maximum Gasteiger partial charge on any atom is 0.275 e. The number of para-hydroxylation sites is 4. The van der Waals surface area contributed by atoms with Gasteiger partial charge in [0, 0.05) is 51.3 Å². The Morgan fingerprint density at radius 2 is 0.966 bits per heavy atom. The molecule has 0 amide bonds. The first-order valence-electron chi connectivity index (χ1n) is 20.4. The fraction of sp³-hybridized carbons (Fsp3) is 0.0185. The molecule has 4 nitrogen and oxygen atoms in total. The average molecular weight is 753 g/mol. The highest BCUT2D eigenvalue weighted by molar-refractivity contribution is 7.00. The van der Waals surface area contributed by atoms with Gasteiger partial charge in [-0.15, -0.1) is 0 Å². The molecule has 3 aliphatic rings. The molecular weight excluding hydrogens is 715 g/mol. The summed E-state index contributed by atoms with van der Waals surface area (Å²) in [5.41, 5.74) is 20.1. The Morgan fingerprint density at radius 3 is 1.59 bits per heavy atom. The Labute approximate surface area is 345 Å². The summed E-state index contributed by atoms with van der Waals surface area (Å²) in [6.45, 7) is -0.115. The van der Waals surface area contributed by atoms with Crippen LogP contribution in [0.25, 0.3) is 11.1 Å². The third kappa shape index (κ3) is 5.21. The Kier molecular flexibility index (Phi) is 7.67. The summed E-state index contributed by atoms with van der Waals surface area (Å²) in [6, 6.07) is 77.0. The molecule has 1 atom stereocenters. The van der Waals surface area contributed by atoms with Crippen LogP contribution >= 0.6 is 0 Å². The first-order chi connectivity index (χ1) is 29.3. The number of aromatic nitrogens is 1. The smallest absolute Gasteiger partial charge is 0.275 e. The maximum absolute atomic E-state index is 5.59. The molecular formula is C54H37BN4. The van der Waals surface area contributed by atoms with Crippen molar-refractivity contribution in [3.05, 3.63) is 235 Å². The van der Waals surface area contributed by atoms with E-state index in [9.17, 15) is 0 Å². The van der Waals surface area contributed by atoms with E-state index < -0.39 is 0 Å². The lowest BCUT2D eigenvalue weighted by molar-refractivity contribution is 1.01. The van der Waals surface area contributed by atoms with Crippen LogP contribution in [0.2, 0.25) is 0 Å². The summed E-state index contributed by atoms with van der Waals surface area (Å²) >= 11 is 0. The maximum atomic E-state index is 5.59. The molecule has 0 radical (unpaired) electrons. The van der Waals surface area contributed by atoms with E-state index >= 15 is 0 Å². The van der Waals surface area contributed by atoms with Crippen LogP contribution in [-0.2, 0) is 0 Å². The lowest BCUT2D eigenvalue weighted by Crippen LogP contribution is -2.62. The summed E-state index contributed by atoms with van der Waals surface area (Å²) in [5, 5.41) is 0. The molecule has 1 aromatic heterocycles. The largest absolute Gasteiger partial charge is 0.311 e. The van der Waals surface area contributed by atoms with Gasteiger partial charge in [-0.3, -0.25) is 4.98 Å². The molecule has 8 aromatic carbocycles. The van der Waals surface area contributed by atoms with Crippen molar-refractivity contribution in [3.63, 3.8) is 0 Å². The van der Waals surface area contributed by atoms with Crippen LogP contribution in [0.4, 0.5) is 51.2 Å². The lowest BCUT2D eigenvalue weighted by atomic mass is 9.34. The van der Waals surface area contributed by atoms with Gasteiger partial charge in [0.2, 0.25) is 0 Å². The second-order valence-electron chi connectivity index (χ2n) is 15.5. The van der Waals surface area contributed by atoms with Crippen molar-refractivity contribution < 1.29 is 0 Å². The molecule has 59 heavy (non-hydrogen) atoms. The molecule has 9 aromatic rings. The van der Waals surface area contributed by atoms with E-state index in [1.165, 1.54) is 50.1 Å². The third-order valence-electron chi connectivity index (χ3n) is 12.3. The predicted molar refractivity (Wildman–Crippen MR) is 246 cm³/mol. The van der Waals surface area contributed by atoms with E-state index in [2.05, 4.69) is 233 Å². The van der Waals surface area contributed by atoms with E-state index in [1.807, 2.05) is 0 Å². The average Bonchev–Trinajstić information content (AvgIpc) is 3.63. The molecule has 1 aliphatic carbocycles. The van der Waals surface area contributed by atoms with Crippen molar-refractivity contribution in [2.45, 2.75) is 5.92 Å². The minimum atomic E-state index is -0.115. The molecule has 3 heterocycles. The first kappa shape index (κ1) is 33.5. The number of rotatable bonds is 6. The van der Waals surface area contributed by atoms with Gasteiger partial charge in [-0.2, -0.15) is 0 Å². The molecule has 0 bridgehead atoms. The van der Waals surface area contributed by atoms with Crippen LogP contribution in [0.15, 0.2) is 219 Å². The molecule has 12 rings (SSSR count). The molecule has 1 unspecified atom stereocenters. The number of pyridine rings is 1. The molecule has 2 aliphatic heterocycles. The Morgan fingerprint density at radius 1 is 0.424 bits per heavy atom. The van der Waals surface area contributed by atoms with E-state index in [4.69, 9.17) is 4.98 Å². The Balaban J connectivity index is 1.15. The second kappa shape index (κ2) is 13.5. The van der Waals surface area contributed by atoms with E-state index in [0.717, 1.165) is 45.4 Å². The van der Waals surface area contributed by atoms with Crippen LogP contribution in [-0.4, -0.2) is 11.7 Å². The predicted octanol–water partition coefficient (Wildman–Crippen LogP) is 11.8. The molecule has 5 heteroatoms. The van der Waals surface area contributed by atoms with E-state index in [-0.39, 0.29) is 12.6 Å². The van der Waals surface area contributed by atoms with Gasteiger partial charge in [0.25, 0.3) is 6.71 Å². The minimum Gasteiger partial charge on any atom is -0.311 e. The summed E-state index contributed by atoms with van der Waals surface area (Å²) < 4.78 is 0. The van der Waals surface area contributed by atoms with Gasteiger partial charge in [0.15, 0.2) is 0 Å². The van der Waals surface area contributed by atoms with Gasteiger partial charge in [-0.25, -0.2) is 0 Å². The first-order valence-corrected chi connectivity index (χ1v) is 20.4. The van der Waals surface area contributed by atoms with Crippen molar-refractivity contribution in [1.29, 1.82) is 0 Å². The van der Waals surface area contributed by atoms with Crippen LogP contribution in [0.3, 0.4) is 0 Å². The van der Waals surface area contributed by atoms with Crippen molar-refractivity contribution in [2.24, 2.45) is 0 Å². The van der Waals surface area contributed by atoms with Crippen LogP contribution in [0, 0.1) is 0 Å². The standard InChI is InChI=1S/C54H37BN4/c1-6-19-37(20-7-1)52-44-30-17-16-29-43(44)45-34-47-50(35-46(45)52)58(40-25-12-4-13-26-40)48-31-18-32-49-53(48)55(47)54-51(59(49)41-27-14-5-15-28-41)33-42(36-56-54)57(38-21-8-2-9-22-38)39-23-10-3-11-24-39/h1-36,52H. The van der Waals surface area contributed by atoms with Gasteiger partial charge in [0.1, 0.15) is 0 Å². The van der Waals surface area contributed by atoms with E-state index in [0.29, 0.717) is 0 Å².